The molecule has 1 heterocycles. The quantitative estimate of drug-likeness (QED) is 0.420. The molecule has 186 valence electrons. The van der Waals surface area contributed by atoms with Crippen molar-refractivity contribution in [3.63, 3.8) is 0 Å². The molecule has 0 aromatic heterocycles. The predicted molar refractivity (Wildman–Crippen MR) is 111 cm³/mol. The lowest BCUT2D eigenvalue weighted by Gasteiger charge is -2.46. The molecule has 10 heteroatoms. The maximum atomic E-state index is 12.6. The van der Waals surface area contributed by atoms with E-state index in [1.807, 2.05) is 0 Å². The maximum Gasteiger partial charge on any atom is 0.339 e. The van der Waals surface area contributed by atoms with E-state index in [1.165, 1.54) is 6.92 Å². The van der Waals surface area contributed by atoms with E-state index in [9.17, 15) is 19.2 Å². The van der Waals surface area contributed by atoms with Crippen molar-refractivity contribution < 1.29 is 47.6 Å². The van der Waals surface area contributed by atoms with Crippen molar-refractivity contribution in [1.29, 1.82) is 0 Å². The Hall–Kier alpha value is -2.20. The van der Waals surface area contributed by atoms with Crippen LogP contribution >= 0.6 is 0 Å². The molecular weight excluding hydrogens is 436 g/mol. The van der Waals surface area contributed by atoms with E-state index in [4.69, 9.17) is 28.4 Å². The van der Waals surface area contributed by atoms with Gasteiger partial charge in [0.1, 0.15) is 0 Å². The van der Waals surface area contributed by atoms with Crippen LogP contribution in [0.25, 0.3) is 0 Å². The highest BCUT2D eigenvalue weighted by Gasteiger charge is 2.64. The Kier molecular flexibility index (Phi) is 7.10. The number of carbonyl (C=O) groups excluding carboxylic acids is 4. The summed E-state index contributed by atoms with van der Waals surface area (Å²) in [5.41, 5.74) is -0.132. The molecular formula is C23H34O10. The Balaban J connectivity index is 1.98. The average Bonchev–Trinajstić information content (AvgIpc) is 3.04. The Bertz CT molecular complexity index is 807. The zero-order chi connectivity index (χ0) is 24.7. The van der Waals surface area contributed by atoms with Crippen molar-refractivity contribution >= 4 is 23.9 Å². The van der Waals surface area contributed by atoms with Gasteiger partial charge in [-0.15, -0.1) is 0 Å². The minimum Gasteiger partial charge on any atom is -0.467 e. The fraction of sp³-hybridized carbons (Fsp3) is 0.826. The molecule has 10 nitrogen and oxygen atoms in total. The summed E-state index contributed by atoms with van der Waals surface area (Å²) < 4.78 is 33.3. The van der Waals surface area contributed by atoms with E-state index in [2.05, 4.69) is 20.8 Å². The van der Waals surface area contributed by atoms with Gasteiger partial charge in [-0.2, -0.15) is 0 Å². The van der Waals surface area contributed by atoms with E-state index in [0.29, 0.717) is 5.92 Å². The number of fused-ring (bicyclic) bond motifs is 2. The van der Waals surface area contributed by atoms with Crippen LogP contribution in [-0.2, 0) is 47.6 Å². The van der Waals surface area contributed by atoms with Gasteiger partial charge in [-0.1, -0.05) is 20.8 Å². The highest BCUT2D eigenvalue weighted by Crippen LogP contribution is 2.66. The number of methoxy groups -OCH3 is 1. The molecule has 2 aliphatic carbocycles. The van der Waals surface area contributed by atoms with Gasteiger partial charge < -0.3 is 28.4 Å². The lowest BCUT2D eigenvalue weighted by atomic mass is 9.70. The minimum absolute atomic E-state index is 0.0283. The average molecular weight is 471 g/mol. The standard InChI is InChI=1S/C23H34O10/c1-11(24)29-16-17(30-12(2)25)19(31-13(3)26)21(33-18(16)20(27)28-7)32-15-10-14-8-9-23(15,6)22(14,4)5/h14-19,21H,8-10H2,1-7H3/t14-,15+,16-,17-,18+,19+,21+,23?/m0/s1. The molecule has 1 saturated heterocycles. The van der Waals surface area contributed by atoms with E-state index in [0.717, 1.165) is 40.2 Å². The van der Waals surface area contributed by atoms with Crippen molar-refractivity contribution in [3.8, 4) is 0 Å². The van der Waals surface area contributed by atoms with Gasteiger partial charge in [0.25, 0.3) is 0 Å². The minimum atomic E-state index is -1.44. The van der Waals surface area contributed by atoms with E-state index in [-0.39, 0.29) is 16.9 Å². The highest BCUT2D eigenvalue weighted by atomic mass is 16.7. The molecule has 8 atom stereocenters. The van der Waals surface area contributed by atoms with Crippen LogP contribution < -0.4 is 0 Å². The highest BCUT2D eigenvalue weighted by molar-refractivity contribution is 5.77. The van der Waals surface area contributed by atoms with Gasteiger partial charge in [0.05, 0.1) is 13.2 Å². The summed E-state index contributed by atoms with van der Waals surface area (Å²) in [4.78, 5) is 48.2. The molecule has 33 heavy (non-hydrogen) atoms. The lowest BCUT2D eigenvalue weighted by Crippen LogP contribution is -2.64. The topological polar surface area (TPSA) is 124 Å². The normalized spacial score (nSPS) is 38.9. The van der Waals surface area contributed by atoms with Gasteiger partial charge in [0, 0.05) is 20.8 Å². The predicted octanol–water partition coefficient (Wildman–Crippen LogP) is 1.91. The first kappa shape index (κ1) is 25.4. The lowest BCUT2D eigenvalue weighted by molar-refractivity contribution is -0.317. The molecule has 2 bridgehead atoms. The van der Waals surface area contributed by atoms with Gasteiger partial charge in [-0.05, 0) is 36.0 Å². The first-order valence-corrected chi connectivity index (χ1v) is 11.2. The number of hydrogen-bond donors (Lipinski definition) is 0. The van der Waals surface area contributed by atoms with Gasteiger partial charge in [0.2, 0.25) is 0 Å². The largest absolute Gasteiger partial charge is 0.467 e. The first-order chi connectivity index (χ1) is 15.3. The molecule has 0 N–H and O–H groups in total. The van der Waals surface area contributed by atoms with Crippen molar-refractivity contribution in [2.24, 2.45) is 16.7 Å². The monoisotopic (exact) mass is 470 g/mol. The number of rotatable bonds is 6. The Morgan fingerprint density at radius 2 is 1.39 bits per heavy atom. The molecule has 0 amide bonds. The molecule has 0 spiro atoms. The van der Waals surface area contributed by atoms with Gasteiger partial charge in [-0.25, -0.2) is 4.79 Å². The molecule has 3 aliphatic rings. The second kappa shape index (κ2) is 9.21. The molecule has 1 aliphatic heterocycles. The molecule has 2 saturated carbocycles. The van der Waals surface area contributed by atoms with Crippen LogP contribution in [0.4, 0.5) is 0 Å². The number of hydrogen-bond acceptors (Lipinski definition) is 10. The van der Waals surface area contributed by atoms with Gasteiger partial charge in [-0.3, -0.25) is 14.4 Å². The van der Waals surface area contributed by atoms with Crippen LogP contribution in [0.15, 0.2) is 0 Å². The second-order valence-corrected chi connectivity index (χ2v) is 9.91. The van der Waals surface area contributed by atoms with Crippen molar-refractivity contribution in [1.82, 2.24) is 0 Å². The zero-order valence-corrected chi connectivity index (χ0v) is 20.2. The molecule has 0 radical (unpaired) electrons. The summed E-state index contributed by atoms with van der Waals surface area (Å²) in [5, 5.41) is 0. The summed E-state index contributed by atoms with van der Waals surface area (Å²) in [6.45, 7) is 10.1. The SMILES string of the molecule is COC(=O)[C@@H]1O[C@@H](O[C@@H]2C[C@@H]3CCC2(C)C3(C)C)[C@H](OC(C)=O)[C@@H](OC(C)=O)[C@@H]1OC(C)=O. The van der Waals surface area contributed by atoms with Crippen LogP contribution in [-0.4, -0.2) is 67.8 Å². The Morgan fingerprint density at radius 1 is 0.848 bits per heavy atom. The smallest absolute Gasteiger partial charge is 0.339 e. The van der Waals surface area contributed by atoms with Gasteiger partial charge >= 0.3 is 23.9 Å². The summed E-state index contributed by atoms with van der Waals surface area (Å²) in [5.74, 6) is -2.51. The zero-order valence-electron chi connectivity index (χ0n) is 20.2. The third-order valence-electron chi connectivity index (χ3n) is 7.85. The Morgan fingerprint density at radius 3 is 1.85 bits per heavy atom. The fourth-order valence-corrected chi connectivity index (χ4v) is 5.69. The maximum absolute atomic E-state index is 12.6. The number of ether oxygens (including phenoxy) is 6. The van der Waals surface area contributed by atoms with Crippen molar-refractivity contribution in [3.05, 3.63) is 0 Å². The van der Waals surface area contributed by atoms with Crippen LogP contribution in [0.5, 0.6) is 0 Å². The number of esters is 4. The molecule has 0 aromatic carbocycles. The molecule has 0 aromatic rings. The number of carbonyl (C=O) groups is 4. The van der Waals surface area contributed by atoms with Crippen LogP contribution in [0, 0.1) is 16.7 Å². The van der Waals surface area contributed by atoms with Crippen molar-refractivity contribution in [2.75, 3.05) is 7.11 Å². The summed E-state index contributed by atoms with van der Waals surface area (Å²) in [6, 6.07) is 0. The second-order valence-electron chi connectivity index (χ2n) is 9.91. The summed E-state index contributed by atoms with van der Waals surface area (Å²) in [6.07, 6.45) is -4.08. The van der Waals surface area contributed by atoms with Crippen molar-refractivity contribution in [2.45, 2.75) is 97.6 Å². The van der Waals surface area contributed by atoms with Crippen LogP contribution in [0.1, 0.15) is 60.8 Å². The van der Waals surface area contributed by atoms with E-state index < -0.39 is 54.6 Å². The molecule has 1 unspecified atom stereocenters. The third kappa shape index (κ3) is 4.59. The van der Waals surface area contributed by atoms with Crippen LogP contribution in [0.2, 0.25) is 0 Å². The first-order valence-electron chi connectivity index (χ1n) is 11.2. The fourth-order valence-electron chi connectivity index (χ4n) is 5.69. The summed E-state index contributed by atoms with van der Waals surface area (Å²) >= 11 is 0. The van der Waals surface area contributed by atoms with Gasteiger partial charge in [0.15, 0.2) is 30.7 Å². The summed E-state index contributed by atoms with van der Waals surface area (Å²) in [7, 11) is 1.16. The Labute approximate surface area is 193 Å². The van der Waals surface area contributed by atoms with E-state index in [1.54, 1.807) is 0 Å². The third-order valence-corrected chi connectivity index (χ3v) is 7.85. The van der Waals surface area contributed by atoms with E-state index >= 15 is 0 Å². The van der Waals surface area contributed by atoms with Crippen LogP contribution in [0.3, 0.4) is 0 Å². The molecule has 3 fully saturated rings. The molecule has 3 rings (SSSR count).